The molecule has 1 N–H and O–H groups in total. The third-order valence-electron chi connectivity index (χ3n) is 4.80. The monoisotopic (exact) mass is 308 g/mol. The lowest BCUT2D eigenvalue weighted by molar-refractivity contribution is -0.118. The number of aryl methyl sites for hydroxylation is 2. The van der Waals surface area contributed by atoms with Gasteiger partial charge in [-0.15, -0.1) is 0 Å². The lowest BCUT2D eigenvalue weighted by atomic mass is 9.91. The van der Waals surface area contributed by atoms with Crippen molar-refractivity contribution in [2.75, 3.05) is 11.9 Å². The zero-order valence-corrected chi connectivity index (χ0v) is 13.3. The van der Waals surface area contributed by atoms with Gasteiger partial charge in [-0.2, -0.15) is 0 Å². The van der Waals surface area contributed by atoms with Crippen LogP contribution in [-0.2, 0) is 16.6 Å². The second kappa shape index (κ2) is 5.37. The largest absolute Gasteiger partial charge is 0.493 e. The lowest BCUT2D eigenvalue weighted by Crippen LogP contribution is -2.28. The van der Waals surface area contributed by atoms with Gasteiger partial charge in [0.15, 0.2) is 0 Å². The summed E-state index contributed by atoms with van der Waals surface area (Å²) in [5.41, 5.74) is 3.02. The maximum atomic E-state index is 12.8. The van der Waals surface area contributed by atoms with E-state index < -0.39 is 0 Å². The number of ether oxygens (including phenoxy) is 1. The Balaban J connectivity index is 1.58. The van der Waals surface area contributed by atoms with Crippen LogP contribution in [0.15, 0.2) is 36.5 Å². The van der Waals surface area contributed by atoms with Crippen molar-refractivity contribution in [3.63, 3.8) is 0 Å². The molecule has 0 unspecified atom stereocenters. The maximum absolute atomic E-state index is 12.8. The number of rotatable bonds is 3. The molecule has 118 valence electrons. The van der Waals surface area contributed by atoms with Gasteiger partial charge >= 0.3 is 0 Å². The van der Waals surface area contributed by atoms with Gasteiger partial charge in [0.2, 0.25) is 5.91 Å². The fraction of sp³-hybridized carbons (Fsp3) is 0.368. The molecule has 1 aromatic carbocycles. The summed E-state index contributed by atoms with van der Waals surface area (Å²) in [6.07, 6.45) is 5.63. The first kappa shape index (κ1) is 14.2. The van der Waals surface area contributed by atoms with Crippen molar-refractivity contribution in [1.82, 2.24) is 4.98 Å². The molecular formula is C19H20N2O2. The number of fused-ring (bicyclic) bond motifs is 1. The summed E-state index contributed by atoms with van der Waals surface area (Å²) in [6, 6.07) is 10.0. The fourth-order valence-corrected chi connectivity index (χ4v) is 3.21. The molecule has 1 saturated carbocycles. The van der Waals surface area contributed by atoms with Crippen LogP contribution in [0.3, 0.4) is 0 Å². The number of nitrogens with zero attached hydrogens (tertiary/aromatic N) is 1. The molecule has 4 heteroatoms. The van der Waals surface area contributed by atoms with E-state index in [1.165, 1.54) is 5.56 Å². The molecule has 1 aliphatic heterocycles. The minimum atomic E-state index is -0.390. The molecule has 2 heterocycles. The molecule has 2 aliphatic rings. The highest BCUT2D eigenvalue weighted by Gasteiger charge is 2.51. The summed E-state index contributed by atoms with van der Waals surface area (Å²) in [5.74, 6) is 1.63. The number of amides is 1. The number of carbonyl (C=O) groups excluding carboxylic acids is 1. The first-order valence-electron chi connectivity index (χ1n) is 8.18. The van der Waals surface area contributed by atoms with E-state index in [0.717, 1.165) is 49.2 Å². The third kappa shape index (κ3) is 2.58. The Bertz CT molecular complexity index is 748. The zero-order valence-electron chi connectivity index (χ0n) is 13.3. The van der Waals surface area contributed by atoms with Crippen LogP contribution >= 0.6 is 0 Å². The number of pyridine rings is 1. The molecule has 1 aliphatic carbocycles. The molecule has 4 rings (SSSR count). The quantitative estimate of drug-likeness (QED) is 0.945. The lowest BCUT2D eigenvalue weighted by Gasteiger charge is -2.21. The Kier molecular flexibility index (Phi) is 3.33. The van der Waals surface area contributed by atoms with Gasteiger partial charge in [-0.3, -0.25) is 4.79 Å². The Morgan fingerprint density at radius 2 is 2.13 bits per heavy atom. The summed E-state index contributed by atoms with van der Waals surface area (Å²) >= 11 is 0. The van der Waals surface area contributed by atoms with E-state index in [9.17, 15) is 4.79 Å². The van der Waals surface area contributed by atoms with E-state index in [4.69, 9.17) is 4.74 Å². The number of benzene rings is 1. The average molecular weight is 308 g/mol. The number of nitrogens with one attached hydrogen (secondary N) is 1. The summed E-state index contributed by atoms with van der Waals surface area (Å²) in [5, 5.41) is 2.97. The molecule has 1 aromatic heterocycles. The van der Waals surface area contributed by atoms with Gasteiger partial charge in [0, 0.05) is 6.20 Å². The second-order valence-electron chi connectivity index (χ2n) is 6.53. The Labute approximate surface area is 135 Å². The van der Waals surface area contributed by atoms with Crippen LogP contribution in [-0.4, -0.2) is 17.5 Å². The predicted molar refractivity (Wildman–Crippen MR) is 88.8 cm³/mol. The number of anilines is 1. The van der Waals surface area contributed by atoms with E-state index in [2.05, 4.69) is 16.4 Å². The van der Waals surface area contributed by atoms with Crippen LogP contribution in [0.5, 0.6) is 5.75 Å². The molecular weight excluding hydrogens is 288 g/mol. The molecule has 0 saturated heterocycles. The van der Waals surface area contributed by atoms with Crippen LogP contribution in [0.2, 0.25) is 0 Å². The first-order chi connectivity index (χ1) is 11.2. The van der Waals surface area contributed by atoms with Gasteiger partial charge in [0.25, 0.3) is 0 Å². The van der Waals surface area contributed by atoms with E-state index in [0.29, 0.717) is 5.82 Å². The van der Waals surface area contributed by atoms with Crippen molar-refractivity contribution in [1.29, 1.82) is 0 Å². The molecule has 0 radical (unpaired) electrons. The Hall–Kier alpha value is -2.36. The molecule has 23 heavy (non-hydrogen) atoms. The molecule has 0 bridgehead atoms. The number of carbonyl (C=O) groups is 1. The van der Waals surface area contributed by atoms with Crippen molar-refractivity contribution >= 4 is 11.7 Å². The summed E-state index contributed by atoms with van der Waals surface area (Å²) < 4.78 is 5.67. The van der Waals surface area contributed by atoms with E-state index in [-0.39, 0.29) is 11.3 Å². The summed E-state index contributed by atoms with van der Waals surface area (Å²) in [7, 11) is 0. The van der Waals surface area contributed by atoms with E-state index in [1.54, 1.807) is 6.20 Å². The number of aromatic nitrogens is 1. The fourth-order valence-electron chi connectivity index (χ4n) is 3.21. The minimum Gasteiger partial charge on any atom is -0.493 e. The van der Waals surface area contributed by atoms with Crippen molar-refractivity contribution in [3.8, 4) is 5.75 Å². The van der Waals surface area contributed by atoms with Crippen molar-refractivity contribution < 1.29 is 9.53 Å². The Morgan fingerprint density at radius 3 is 2.87 bits per heavy atom. The Morgan fingerprint density at radius 1 is 1.26 bits per heavy atom. The molecule has 1 amide bonds. The normalized spacial score (nSPS) is 17.8. The minimum absolute atomic E-state index is 0.0468. The molecule has 4 nitrogen and oxygen atoms in total. The van der Waals surface area contributed by atoms with Crippen LogP contribution in [0, 0.1) is 6.92 Å². The van der Waals surface area contributed by atoms with Gasteiger partial charge in [0.05, 0.1) is 12.0 Å². The van der Waals surface area contributed by atoms with Crippen molar-refractivity contribution in [3.05, 3.63) is 53.2 Å². The highest BCUT2D eigenvalue weighted by Crippen LogP contribution is 2.50. The van der Waals surface area contributed by atoms with Gasteiger partial charge in [-0.1, -0.05) is 18.2 Å². The van der Waals surface area contributed by atoms with Gasteiger partial charge in [0.1, 0.15) is 11.6 Å². The summed E-state index contributed by atoms with van der Waals surface area (Å²) in [4.78, 5) is 17.0. The van der Waals surface area contributed by atoms with Crippen LogP contribution in [0.4, 0.5) is 5.82 Å². The van der Waals surface area contributed by atoms with E-state index >= 15 is 0 Å². The molecule has 0 atom stereocenters. The topological polar surface area (TPSA) is 51.2 Å². The first-order valence-corrected chi connectivity index (χ1v) is 8.18. The van der Waals surface area contributed by atoms with Gasteiger partial charge in [-0.25, -0.2) is 4.98 Å². The molecule has 2 aromatic rings. The van der Waals surface area contributed by atoms with Crippen LogP contribution < -0.4 is 10.1 Å². The molecule has 1 fully saturated rings. The second-order valence-corrected chi connectivity index (χ2v) is 6.53. The van der Waals surface area contributed by atoms with Gasteiger partial charge < -0.3 is 10.1 Å². The molecule has 0 spiro atoms. The third-order valence-corrected chi connectivity index (χ3v) is 4.80. The van der Waals surface area contributed by atoms with Crippen molar-refractivity contribution in [2.24, 2.45) is 0 Å². The van der Waals surface area contributed by atoms with Crippen LogP contribution in [0.25, 0.3) is 0 Å². The SMILES string of the molecule is Cc1ccc(NC(=O)C2(c3ccc4c(c3)CCCO4)CC2)nc1. The number of hydrogen-bond acceptors (Lipinski definition) is 3. The van der Waals surface area contributed by atoms with E-state index in [1.807, 2.05) is 31.2 Å². The standard InChI is InChI=1S/C19H20N2O2/c1-13-4-7-17(20-12-13)21-18(22)19(8-9-19)15-5-6-16-14(11-15)3-2-10-23-16/h4-7,11-12H,2-3,8-10H2,1H3,(H,20,21,22). The smallest absolute Gasteiger partial charge is 0.236 e. The van der Waals surface area contributed by atoms with Crippen LogP contribution in [0.1, 0.15) is 36.0 Å². The number of hydrogen-bond donors (Lipinski definition) is 1. The van der Waals surface area contributed by atoms with Gasteiger partial charge in [-0.05, 0) is 61.4 Å². The predicted octanol–water partition coefficient (Wildman–Crippen LogP) is 3.39. The average Bonchev–Trinajstić information content (AvgIpc) is 3.38. The summed E-state index contributed by atoms with van der Waals surface area (Å²) in [6.45, 7) is 2.77. The zero-order chi connectivity index (χ0) is 15.9. The van der Waals surface area contributed by atoms with Crippen molar-refractivity contribution in [2.45, 2.75) is 38.0 Å². The highest BCUT2D eigenvalue weighted by atomic mass is 16.5. The highest BCUT2D eigenvalue weighted by molar-refractivity contribution is 6.00. The maximum Gasteiger partial charge on any atom is 0.236 e.